The van der Waals surface area contributed by atoms with Crippen molar-refractivity contribution in [3.05, 3.63) is 48.2 Å². The van der Waals surface area contributed by atoms with Gasteiger partial charge in [-0.15, -0.1) is 0 Å². The molecule has 2 aromatic heterocycles. The van der Waals surface area contributed by atoms with Crippen molar-refractivity contribution in [1.82, 2.24) is 25.2 Å². The molecule has 0 bridgehead atoms. The molecule has 1 aliphatic rings. The van der Waals surface area contributed by atoms with Crippen LogP contribution in [0.2, 0.25) is 0 Å². The second-order valence-electron chi connectivity index (χ2n) is 6.19. The van der Waals surface area contributed by atoms with E-state index in [2.05, 4.69) is 20.3 Å². The van der Waals surface area contributed by atoms with Gasteiger partial charge < -0.3 is 16.2 Å². The highest BCUT2D eigenvalue weighted by atomic mass is 16.4. The Morgan fingerprint density at radius 3 is 2.74 bits per heavy atom. The first-order valence-corrected chi connectivity index (χ1v) is 8.21. The van der Waals surface area contributed by atoms with Gasteiger partial charge in [-0.2, -0.15) is 0 Å². The summed E-state index contributed by atoms with van der Waals surface area (Å²) < 4.78 is 0. The number of nitrogens with zero attached hydrogens (tertiary/aromatic N) is 4. The van der Waals surface area contributed by atoms with E-state index in [1.54, 1.807) is 19.1 Å². The van der Waals surface area contributed by atoms with E-state index in [-0.39, 0.29) is 12.2 Å². The average Bonchev–Trinajstić information content (AvgIpc) is 2.64. The molecule has 140 valence electrons. The van der Waals surface area contributed by atoms with Gasteiger partial charge in [-0.25, -0.2) is 19.5 Å². The first kappa shape index (κ1) is 18.2. The minimum absolute atomic E-state index is 0.159. The van der Waals surface area contributed by atoms with Crippen LogP contribution in [0.1, 0.15) is 24.2 Å². The van der Waals surface area contributed by atoms with Crippen molar-refractivity contribution in [2.45, 2.75) is 25.4 Å². The number of imide groups is 1. The Morgan fingerprint density at radius 2 is 2.11 bits per heavy atom. The van der Waals surface area contributed by atoms with Crippen LogP contribution in [0, 0.1) is 5.92 Å². The lowest BCUT2D eigenvalue weighted by molar-refractivity contribution is -0.165. The number of urea groups is 1. The van der Waals surface area contributed by atoms with E-state index in [0.717, 1.165) is 4.90 Å². The van der Waals surface area contributed by atoms with E-state index >= 15 is 0 Å². The van der Waals surface area contributed by atoms with Crippen LogP contribution >= 0.6 is 0 Å². The summed E-state index contributed by atoms with van der Waals surface area (Å²) in [6.45, 7) is 1.67. The number of rotatable bonds is 5. The fraction of sp³-hybridized carbons (Fsp3) is 0.294. The number of carboxylic acids is 1. The number of likely N-dealkylation sites (tertiary alicyclic amines) is 1. The Bertz CT molecular complexity index is 875. The second kappa shape index (κ2) is 7.36. The van der Waals surface area contributed by atoms with Crippen molar-refractivity contribution in [3.8, 4) is 0 Å². The van der Waals surface area contributed by atoms with Gasteiger partial charge in [0.15, 0.2) is 6.04 Å². The summed E-state index contributed by atoms with van der Waals surface area (Å²) >= 11 is 0. The van der Waals surface area contributed by atoms with E-state index in [4.69, 9.17) is 5.73 Å². The molecule has 0 spiro atoms. The summed E-state index contributed by atoms with van der Waals surface area (Å²) in [5, 5.41) is 12.1. The van der Waals surface area contributed by atoms with Gasteiger partial charge in [0, 0.05) is 18.6 Å². The van der Waals surface area contributed by atoms with Crippen LogP contribution in [0.25, 0.3) is 0 Å². The molecule has 3 amide bonds. The van der Waals surface area contributed by atoms with Crippen molar-refractivity contribution >= 4 is 23.7 Å². The minimum Gasteiger partial charge on any atom is -0.480 e. The zero-order valence-corrected chi connectivity index (χ0v) is 14.4. The Hall–Kier alpha value is -3.56. The predicted octanol–water partition coefficient (Wildman–Crippen LogP) is 0.379. The molecule has 10 nitrogen and oxygen atoms in total. The number of pyridine rings is 1. The van der Waals surface area contributed by atoms with E-state index in [9.17, 15) is 19.5 Å². The van der Waals surface area contributed by atoms with Crippen molar-refractivity contribution in [3.63, 3.8) is 0 Å². The normalized spacial score (nSPS) is 19.9. The number of β-lactam (4-membered cyclic amide) rings is 1. The molecule has 0 radical (unpaired) electrons. The molecule has 3 atom stereocenters. The number of carboxylic acid groups (broad SMARTS) is 1. The number of nitrogen functional groups attached to an aromatic ring is 1. The number of amides is 3. The fourth-order valence-electron chi connectivity index (χ4n) is 2.99. The molecule has 3 rings (SSSR count). The highest BCUT2D eigenvalue weighted by molar-refractivity contribution is 6.07. The van der Waals surface area contributed by atoms with Crippen molar-refractivity contribution in [2.24, 2.45) is 5.92 Å². The molecule has 1 saturated heterocycles. The molecule has 1 aliphatic heterocycles. The summed E-state index contributed by atoms with van der Waals surface area (Å²) in [5.41, 5.74) is 6.79. The largest absolute Gasteiger partial charge is 0.480 e. The molecule has 0 aliphatic carbocycles. The van der Waals surface area contributed by atoms with Gasteiger partial charge in [0.05, 0.1) is 23.9 Å². The number of nitrogens with one attached hydrogen (secondary N) is 1. The molecule has 27 heavy (non-hydrogen) atoms. The van der Waals surface area contributed by atoms with E-state index in [0.29, 0.717) is 11.3 Å². The third-order valence-electron chi connectivity index (χ3n) is 4.35. The molecule has 2 aromatic rings. The highest BCUT2D eigenvalue weighted by Gasteiger charge is 2.54. The second-order valence-corrected chi connectivity index (χ2v) is 6.19. The van der Waals surface area contributed by atoms with Crippen LogP contribution in [0.5, 0.6) is 0 Å². The highest BCUT2D eigenvalue weighted by Crippen LogP contribution is 2.31. The molecular weight excluding hydrogens is 352 g/mol. The van der Waals surface area contributed by atoms with Crippen LogP contribution < -0.4 is 11.1 Å². The molecule has 3 heterocycles. The van der Waals surface area contributed by atoms with Crippen molar-refractivity contribution in [2.75, 3.05) is 5.73 Å². The van der Waals surface area contributed by atoms with Crippen molar-refractivity contribution in [1.29, 1.82) is 0 Å². The van der Waals surface area contributed by atoms with Crippen LogP contribution in [-0.2, 0) is 16.0 Å². The average molecular weight is 370 g/mol. The van der Waals surface area contributed by atoms with E-state index in [1.165, 1.54) is 24.8 Å². The lowest BCUT2D eigenvalue weighted by Crippen LogP contribution is -2.68. The number of carbonyl (C=O) groups is 3. The first-order valence-electron chi connectivity index (χ1n) is 8.21. The first-order chi connectivity index (χ1) is 12.9. The summed E-state index contributed by atoms with van der Waals surface area (Å²) in [7, 11) is 0. The topological polar surface area (TPSA) is 151 Å². The number of hydrogen-bond donors (Lipinski definition) is 3. The molecule has 10 heteroatoms. The number of hydrogen-bond acceptors (Lipinski definition) is 7. The monoisotopic (exact) mass is 370 g/mol. The van der Waals surface area contributed by atoms with Gasteiger partial charge >= 0.3 is 12.0 Å². The maximum Gasteiger partial charge on any atom is 0.327 e. The van der Waals surface area contributed by atoms with Crippen molar-refractivity contribution < 1.29 is 19.5 Å². The predicted molar refractivity (Wildman–Crippen MR) is 93.1 cm³/mol. The number of aliphatic carboxylic acids is 1. The third kappa shape index (κ3) is 3.68. The summed E-state index contributed by atoms with van der Waals surface area (Å²) in [4.78, 5) is 49.1. The molecule has 0 unspecified atom stereocenters. The Labute approximate surface area is 154 Å². The number of anilines is 1. The Morgan fingerprint density at radius 1 is 1.33 bits per heavy atom. The Balaban J connectivity index is 1.71. The maximum atomic E-state index is 12.5. The van der Waals surface area contributed by atoms with E-state index in [1.807, 2.05) is 0 Å². The standard InChI is InChI=1S/C17H18N6O4/c1-9(12-8-19-4-5-20-12)22-17(27)23-14(16(25)26)11(15(23)24)6-10-2-3-21-13(18)7-10/h2-5,7-9,11,14H,6H2,1H3,(H2,18,21)(H,22,27)(H,25,26)/t9-,11-,14+/m1/s1. The van der Waals surface area contributed by atoms with Gasteiger partial charge in [0.25, 0.3) is 0 Å². The third-order valence-corrected chi connectivity index (χ3v) is 4.35. The molecular formula is C17H18N6O4. The molecule has 0 saturated carbocycles. The summed E-state index contributed by atoms with van der Waals surface area (Å²) in [6, 6.07) is 0.663. The van der Waals surface area contributed by atoms with Gasteiger partial charge in [-0.05, 0) is 31.0 Å². The molecule has 0 aromatic carbocycles. The van der Waals surface area contributed by atoms with Crippen LogP contribution in [0.3, 0.4) is 0 Å². The smallest absolute Gasteiger partial charge is 0.327 e. The number of nitrogens with two attached hydrogens (primary N) is 1. The van der Waals surface area contributed by atoms with Crippen LogP contribution in [-0.4, -0.2) is 48.9 Å². The zero-order chi connectivity index (χ0) is 19.6. The van der Waals surface area contributed by atoms with Gasteiger partial charge in [0.2, 0.25) is 5.91 Å². The van der Waals surface area contributed by atoms with Gasteiger partial charge in [0.1, 0.15) is 5.82 Å². The Kier molecular flexibility index (Phi) is 4.97. The minimum atomic E-state index is -1.25. The van der Waals surface area contributed by atoms with Crippen LogP contribution in [0.4, 0.5) is 10.6 Å². The quantitative estimate of drug-likeness (QED) is 0.639. The summed E-state index contributed by atoms with van der Waals surface area (Å²) in [5.74, 6) is -2.37. The van der Waals surface area contributed by atoms with Gasteiger partial charge in [-0.1, -0.05) is 0 Å². The van der Waals surface area contributed by atoms with Gasteiger partial charge in [-0.3, -0.25) is 14.8 Å². The molecule has 4 N–H and O–H groups in total. The van der Waals surface area contributed by atoms with E-state index < -0.39 is 35.9 Å². The lowest BCUT2D eigenvalue weighted by Gasteiger charge is -2.43. The van der Waals surface area contributed by atoms with Crippen LogP contribution in [0.15, 0.2) is 36.9 Å². The summed E-state index contributed by atoms with van der Waals surface area (Å²) in [6.07, 6.45) is 6.09. The maximum absolute atomic E-state index is 12.5. The fourth-order valence-corrected chi connectivity index (χ4v) is 2.99. The number of aromatic nitrogens is 3. The zero-order valence-electron chi connectivity index (χ0n) is 14.4. The number of carbonyl (C=O) groups excluding carboxylic acids is 2. The molecule has 1 fully saturated rings. The lowest BCUT2D eigenvalue weighted by atomic mass is 9.82. The SMILES string of the molecule is C[C@@H](NC(=O)N1C(=O)[C@H](Cc2ccnc(N)c2)[C@H]1C(=O)O)c1cnccn1.